The van der Waals surface area contributed by atoms with Crippen LogP contribution >= 0.6 is 0 Å². The number of carbonyl (C=O) groups is 3. The summed E-state index contributed by atoms with van der Waals surface area (Å²) in [5, 5.41) is 2.88. The van der Waals surface area contributed by atoms with Gasteiger partial charge in [0.2, 0.25) is 5.91 Å². The second kappa shape index (κ2) is 10.1. The molecule has 158 valence electrons. The van der Waals surface area contributed by atoms with Gasteiger partial charge in [-0.05, 0) is 49.6 Å². The van der Waals surface area contributed by atoms with Crippen LogP contribution in [0.1, 0.15) is 54.9 Å². The quantitative estimate of drug-likeness (QED) is 0.676. The Kier molecular flexibility index (Phi) is 7.22. The van der Waals surface area contributed by atoms with Gasteiger partial charge < -0.3 is 15.0 Å². The number of rotatable bonds is 8. The zero-order chi connectivity index (χ0) is 21.5. The zero-order valence-electron chi connectivity index (χ0n) is 17.5. The highest BCUT2D eigenvalue weighted by atomic mass is 16.5. The standard InChI is InChI=1S/C24H28N2O4/c1-3-18(19-8-5-4-6-9-19)16-25-23(28)17(2)30-24(29)20-11-13-21(14-12-20)26-15-7-10-22(26)27/h4-6,8-9,11-14,17-18H,3,7,10,15-16H2,1-2H3,(H,25,28)/t17-,18+/m1/s1. The maximum Gasteiger partial charge on any atom is 0.338 e. The fourth-order valence-electron chi connectivity index (χ4n) is 3.57. The summed E-state index contributed by atoms with van der Waals surface area (Å²) >= 11 is 0. The third kappa shape index (κ3) is 5.26. The van der Waals surface area contributed by atoms with E-state index in [1.165, 1.54) is 5.56 Å². The molecule has 0 aromatic heterocycles. The molecule has 0 unspecified atom stereocenters. The van der Waals surface area contributed by atoms with Gasteiger partial charge in [-0.1, -0.05) is 37.3 Å². The van der Waals surface area contributed by atoms with E-state index in [4.69, 9.17) is 4.74 Å². The minimum atomic E-state index is -0.898. The van der Waals surface area contributed by atoms with E-state index < -0.39 is 12.1 Å². The van der Waals surface area contributed by atoms with Gasteiger partial charge in [0.25, 0.3) is 5.91 Å². The van der Waals surface area contributed by atoms with Crippen molar-refractivity contribution in [3.63, 3.8) is 0 Å². The van der Waals surface area contributed by atoms with Gasteiger partial charge in [0.1, 0.15) is 0 Å². The van der Waals surface area contributed by atoms with Crippen molar-refractivity contribution in [2.75, 3.05) is 18.0 Å². The third-order valence-corrected chi connectivity index (χ3v) is 5.43. The summed E-state index contributed by atoms with van der Waals surface area (Å²) in [4.78, 5) is 38.3. The van der Waals surface area contributed by atoms with Gasteiger partial charge in [0.05, 0.1) is 5.56 Å². The first-order valence-electron chi connectivity index (χ1n) is 10.4. The van der Waals surface area contributed by atoms with E-state index in [0.29, 0.717) is 25.1 Å². The molecule has 3 rings (SSSR count). The van der Waals surface area contributed by atoms with Crippen molar-refractivity contribution in [1.82, 2.24) is 5.32 Å². The van der Waals surface area contributed by atoms with Crippen LogP contribution in [-0.2, 0) is 14.3 Å². The van der Waals surface area contributed by atoms with Crippen molar-refractivity contribution in [3.05, 3.63) is 65.7 Å². The second-order valence-corrected chi connectivity index (χ2v) is 7.50. The largest absolute Gasteiger partial charge is 0.449 e. The SMILES string of the molecule is CC[C@@H](CNC(=O)[C@@H](C)OC(=O)c1ccc(N2CCCC2=O)cc1)c1ccccc1. The molecule has 1 aliphatic heterocycles. The highest BCUT2D eigenvalue weighted by molar-refractivity contribution is 5.96. The van der Waals surface area contributed by atoms with Crippen LogP contribution in [-0.4, -0.2) is 37.0 Å². The molecule has 1 N–H and O–H groups in total. The molecule has 0 saturated carbocycles. The van der Waals surface area contributed by atoms with Gasteiger partial charge in [0, 0.05) is 31.1 Å². The Morgan fingerprint density at radius 2 is 1.80 bits per heavy atom. The highest BCUT2D eigenvalue weighted by Gasteiger charge is 2.23. The lowest BCUT2D eigenvalue weighted by Gasteiger charge is -2.19. The maximum absolute atomic E-state index is 12.4. The summed E-state index contributed by atoms with van der Waals surface area (Å²) in [6.07, 6.45) is 1.40. The number of hydrogen-bond acceptors (Lipinski definition) is 4. The fraction of sp³-hybridized carbons (Fsp3) is 0.375. The van der Waals surface area contributed by atoms with E-state index in [1.807, 2.05) is 30.3 Å². The van der Waals surface area contributed by atoms with Crippen LogP contribution in [0.15, 0.2) is 54.6 Å². The van der Waals surface area contributed by atoms with Crippen LogP contribution in [0.3, 0.4) is 0 Å². The predicted octanol–water partition coefficient (Wildman–Crippen LogP) is 3.67. The van der Waals surface area contributed by atoms with Crippen molar-refractivity contribution in [2.24, 2.45) is 0 Å². The summed E-state index contributed by atoms with van der Waals surface area (Å²) in [5.74, 6) is -0.584. The number of anilines is 1. The Labute approximate surface area is 177 Å². The normalized spacial score (nSPS) is 15.5. The Balaban J connectivity index is 1.52. The Bertz CT molecular complexity index is 880. The lowest BCUT2D eigenvalue weighted by molar-refractivity contribution is -0.129. The molecule has 1 fully saturated rings. The predicted molar refractivity (Wildman–Crippen MR) is 115 cm³/mol. The van der Waals surface area contributed by atoms with Gasteiger partial charge in [-0.3, -0.25) is 9.59 Å². The van der Waals surface area contributed by atoms with E-state index in [-0.39, 0.29) is 17.7 Å². The molecule has 2 aromatic carbocycles. The maximum atomic E-state index is 12.4. The Hall–Kier alpha value is -3.15. The van der Waals surface area contributed by atoms with E-state index in [9.17, 15) is 14.4 Å². The summed E-state index contributed by atoms with van der Waals surface area (Å²) in [6, 6.07) is 16.7. The molecule has 0 radical (unpaired) electrons. The minimum Gasteiger partial charge on any atom is -0.449 e. The number of nitrogens with one attached hydrogen (secondary N) is 1. The van der Waals surface area contributed by atoms with Crippen LogP contribution in [0.25, 0.3) is 0 Å². The van der Waals surface area contributed by atoms with Gasteiger partial charge in [-0.25, -0.2) is 4.79 Å². The molecule has 2 atom stereocenters. The summed E-state index contributed by atoms with van der Waals surface area (Å²) in [7, 11) is 0. The summed E-state index contributed by atoms with van der Waals surface area (Å²) in [6.45, 7) is 4.82. The Morgan fingerprint density at radius 1 is 1.10 bits per heavy atom. The lowest BCUT2D eigenvalue weighted by atomic mass is 9.96. The van der Waals surface area contributed by atoms with Crippen LogP contribution in [0.4, 0.5) is 5.69 Å². The Morgan fingerprint density at radius 3 is 2.40 bits per heavy atom. The molecule has 30 heavy (non-hydrogen) atoms. The molecule has 0 aliphatic carbocycles. The summed E-state index contributed by atoms with van der Waals surface area (Å²) < 4.78 is 5.32. The van der Waals surface area contributed by atoms with Crippen molar-refractivity contribution < 1.29 is 19.1 Å². The molecular weight excluding hydrogens is 380 g/mol. The number of amides is 2. The van der Waals surface area contributed by atoms with Gasteiger partial charge in [-0.2, -0.15) is 0 Å². The zero-order valence-corrected chi connectivity index (χ0v) is 17.5. The van der Waals surface area contributed by atoms with Crippen LogP contribution in [0.5, 0.6) is 0 Å². The lowest BCUT2D eigenvalue weighted by Crippen LogP contribution is -2.38. The molecule has 0 spiro atoms. The molecule has 1 heterocycles. The van der Waals surface area contributed by atoms with E-state index >= 15 is 0 Å². The van der Waals surface area contributed by atoms with E-state index in [1.54, 1.807) is 36.1 Å². The van der Waals surface area contributed by atoms with Crippen LogP contribution in [0, 0.1) is 0 Å². The van der Waals surface area contributed by atoms with Crippen molar-refractivity contribution in [2.45, 2.75) is 45.1 Å². The number of ether oxygens (including phenoxy) is 1. The van der Waals surface area contributed by atoms with Gasteiger partial charge in [0.15, 0.2) is 6.10 Å². The third-order valence-electron chi connectivity index (χ3n) is 5.43. The summed E-state index contributed by atoms with van der Waals surface area (Å²) in [5.41, 5.74) is 2.29. The molecule has 2 amide bonds. The topological polar surface area (TPSA) is 75.7 Å². The van der Waals surface area contributed by atoms with Crippen LogP contribution in [0.2, 0.25) is 0 Å². The van der Waals surface area contributed by atoms with Gasteiger partial charge in [-0.15, -0.1) is 0 Å². The minimum absolute atomic E-state index is 0.0940. The average molecular weight is 408 g/mol. The average Bonchev–Trinajstić information content (AvgIpc) is 3.20. The van der Waals surface area contributed by atoms with E-state index in [0.717, 1.165) is 18.5 Å². The molecule has 6 heteroatoms. The molecular formula is C24H28N2O4. The molecule has 1 aliphatic rings. The molecule has 6 nitrogen and oxygen atoms in total. The number of hydrogen-bond donors (Lipinski definition) is 1. The van der Waals surface area contributed by atoms with Crippen molar-refractivity contribution >= 4 is 23.5 Å². The monoisotopic (exact) mass is 408 g/mol. The smallest absolute Gasteiger partial charge is 0.338 e. The molecule has 2 aromatic rings. The first-order chi connectivity index (χ1) is 14.5. The van der Waals surface area contributed by atoms with E-state index in [2.05, 4.69) is 12.2 Å². The number of benzene rings is 2. The number of nitrogens with zero attached hydrogens (tertiary/aromatic N) is 1. The van der Waals surface area contributed by atoms with Crippen molar-refractivity contribution in [3.8, 4) is 0 Å². The molecule has 1 saturated heterocycles. The first kappa shape index (κ1) is 21.6. The molecule has 0 bridgehead atoms. The highest BCUT2D eigenvalue weighted by Crippen LogP contribution is 2.22. The second-order valence-electron chi connectivity index (χ2n) is 7.50. The number of carbonyl (C=O) groups excluding carboxylic acids is 3. The fourth-order valence-corrected chi connectivity index (χ4v) is 3.57. The first-order valence-corrected chi connectivity index (χ1v) is 10.4. The van der Waals surface area contributed by atoms with Gasteiger partial charge >= 0.3 is 5.97 Å². The number of esters is 1. The van der Waals surface area contributed by atoms with Crippen molar-refractivity contribution in [1.29, 1.82) is 0 Å². The van der Waals surface area contributed by atoms with Crippen LogP contribution < -0.4 is 10.2 Å².